The van der Waals surface area contributed by atoms with Gasteiger partial charge in [0.05, 0.1) is 6.10 Å². The Balaban J connectivity index is 1.70. The molecule has 0 unspecified atom stereocenters. The third kappa shape index (κ3) is 5.00. The summed E-state index contributed by atoms with van der Waals surface area (Å²) in [7, 11) is 3.93. The molecule has 1 aliphatic rings. The largest absolute Gasteiger partial charge is 0.393 e. The Morgan fingerprint density at radius 2 is 2.09 bits per heavy atom. The Hall–Kier alpha value is -1.59. The van der Waals surface area contributed by atoms with E-state index in [1.165, 1.54) is 0 Å². The predicted molar refractivity (Wildman–Crippen MR) is 89.4 cm³/mol. The number of piperidine rings is 1. The molecular weight excluding hydrogens is 278 g/mol. The van der Waals surface area contributed by atoms with Crippen LogP contribution in [0.2, 0.25) is 0 Å². The fourth-order valence-electron chi connectivity index (χ4n) is 2.67. The third-order valence-electron chi connectivity index (χ3n) is 4.12. The highest BCUT2D eigenvalue weighted by atomic mass is 16.3. The van der Waals surface area contributed by atoms with Crippen molar-refractivity contribution in [3.8, 4) is 0 Å². The summed E-state index contributed by atoms with van der Waals surface area (Å²) in [5, 5.41) is 12.5. The van der Waals surface area contributed by atoms with E-state index in [9.17, 15) is 9.90 Å². The first-order valence-electron chi connectivity index (χ1n) is 8.02. The van der Waals surface area contributed by atoms with E-state index in [1.807, 2.05) is 43.3 Å². The summed E-state index contributed by atoms with van der Waals surface area (Å²) in [5.41, 5.74) is 1.73. The number of amides is 1. The maximum absolute atomic E-state index is 12.1. The fourth-order valence-corrected chi connectivity index (χ4v) is 2.67. The van der Waals surface area contributed by atoms with Gasteiger partial charge in [-0.1, -0.05) is 6.07 Å². The summed E-state index contributed by atoms with van der Waals surface area (Å²) < 4.78 is 0. The Morgan fingerprint density at radius 3 is 2.77 bits per heavy atom. The van der Waals surface area contributed by atoms with Crippen LogP contribution < -0.4 is 10.2 Å². The molecule has 0 aromatic heterocycles. The van der Waals surface area contributed by atoms with Gasteiger partial charge in [-0.15, -0.1) is 0 Å². The first kappa shape index (κ1) is 16.8. The zero-order valence-electron chi connectivity index (χ0n) is 13.6. The molecule has 0 aliphatic carbocycles. The van der Waals surface area contributed by atoms with Crippen molar-refractivity contribution in [3.63, 3.8) is 0 Å². The topological polar surface area (TPSA) is 55.8 Å². The molecule has 0 spiro atoms. The minimum Gasteiger partial charge on any atom is -0.393 e. The number of nitrogens with zero attached hydrogens (tertiary/aromatic N) is 2. The average molecular weight is 305 g/mol. The monoisotopic (exact) mass is 305 g/mol. The summed E-state index contributed by atoms with van der Waals surface area (Å²) in [4.78, 5) is 16.5. The normalized spacial score (nSPS) is 16.5. The molecule has 1 aliphatic heterocycles. The first-order valence-corrected chi connectivity index (χ1v) is 8.02. The lowest BCUT2D eigenvalue weighted by Gasteiger charge is -2.29. The van der Waals surface area contributed by atoms with Gasteiger partial charge in [-0.05, 0) is 44.0 Å². The van der Waals surface area contributed by atoms with E-state index in [4.69, 9.17) is 0 Å². The standard InChI is InChI=1S/C17H27N3O2/c1-19(2)15-6-3-5-14(13-15)17(22)18-9-4-10-20-11-7-16(21)8-12-20/h3,5-6,13,16,21H,4,7-12H2,1-2H3,(H,18,22). The number of anilines is 1. The van der Waals surface area contributed by atoms with Crippen LogP contribution in [-0.4, -0.2) is 62.3 Å². The Morgan fingerprint density at radius 1 is 1.36 bits per heavy atom. The number of carbonyl (C=O) groups excluding carboxylic acids is 1. The lowest BCUT2D eigenvalue weighted by molar-refractivity contribution is 0.0816. The molecule has 1 amide bonds. The van der Waals surface area contributed by atoms with Crippen LogP contribution in [0.5, 0.6) is 0 Å². The van der Waals surface area contributed by atoms with Crippen LogP contribution in [0.1, 0.15) is 29.6 Å². The summed E-state index contributed by atoms with van der Waals surface area (Å²) in [6, 6.07) is 7.64. The van der Waals surface area contributed by atoms with Gasteiger partial charge in [0.2, 0.25) is 0 Å². The Labute approximate surface area is 132 Å². The van der Waals surface area contributed by atoms with Crippen LogP contribution in [0.15, 0.2) is 24.3 Å². The zero-order valence-corrected chi connectivity index (χ0v) is 13.6. The van der Waals surface area contributed by atoms with Crippen LogP contribution >= 0.6 is 0 Å². The quantitative estimate of drug-likeness (QED) is 0.779. The smallest absolute Gasteiger partial charge is 0.251 e. The summed E-state index contributed by atoms with van der Waals surface area (Å²) in [6.07, 6.45) is 2.54. The number of hydrogen-bond acceptors (Lipinski definition) is 4. The van der Waals surface area contributed by atoms with Crippen LogP contribution in [0.25, 0.3) is 0 Å². The number of carbonyl (C=O) groups is 1. The molecule has 5 heteroatoms. The maximum Gasteiger partial charge on any atom is 0.251 e. The van der Waals surface area contributed by atoms with Gasteiger partial charge in [-0.25, -0.2) is 0 Å². The van der Waals surface area contributed by atoms with Crippen molar-refractivity contribution >= 4 is 11.6 Å². The second-order valence-corrected chi connectivity index (χ2v) is 6.13. The number of aliphatic hydroxyl groups excluding tert-OH is 1. The van der Waals surface area contributed by atoms with E-state index < -0.39 is 0 Å². The average Bonchev–Trinajstić information content (AvgIpc) is 2.53. The molecule has 0 bridgehead atoms. The molecule has 22 heavy (non-hydrogen) atoms. The number of likely N-dealkylation sites (tertiary alicyclic amines) is 1. The molecule has 1 aromatic carbocycles. The SMILES string of the molecule is CN(C)c1cccc(C(=O)NCCCN2CCC(O)CC2)c1. The highest BCUT2D eigenvalue weighted by Gasteiger charge is 2.16. The lowest BCUT2D eigenvalue weighted by Crippen LogP contribution is -2.37. The molecule has 122 valence electrons. The van der Waals surface area contributed by atoms with Crippen LogP contribution in [-0.2, 0) is 0 Å². The molecule has 1 heterocycles. The van der Waals surface area contributed by atoms with Crippen molar-refractivity contribution in [1.82, 2.24) is 10.2 Å². The van der Waals surface area contributed by atoms with Crippen LogP contribution in [0.3, 0.4) is 0 Å². The predicted octanol–water partition coefficient (Wildman–Crippen LogP) is 1.33. The van der Waals surface area contributed by atoms with Gasteiger partial charge < -0.3 is 20.2 Å². The minimum absolute atomic E-state index is 0.0160. The maximum atomic E-state index is 12.1. The summed E-state index contributed by atoms with van der Waals surface area (Å²) in [6.45, 7) is 3.58. The van der Waals surface area contributed by atoms with Gasteiger partial charge in [0.15, 0.2) is 0 Å². The van der Waals surface area contributed by atoms with Crippen molar-refractivity contribution in [1.29, 1.82) is 0 Å². The zero-order chi connectivity index (χ0) is 15.9. The molecule has 2 N–H and O–H groups in total. The molecule has 1 fully saturated rings. The number of nitrogens with one attached hydrogen (secondary N) is 1. The number of hydrogen-bond donors (Lipinski definition) is 2. The van der Waals surface area contributed by atoms with Gasteiger partial charge in [0, 0.05) is 45.0 Å². The highest BCUT2D eigenvalue weighted by Crippen LogP contribution is 2.13. The fraction of sp³-hybridized carbons (Fsp3) is 0.588. The van der Waals surface area contributed by atoms with E-state index in [0.29, 0.717) is 12.1 Å². The minimum atomic E-state index is -0.125. The molecular formula is C17H27N3O2. The Bertz CT molecular complexity index is 483. The number of benzene rings is 1. The molecule has 2 rings (SSSR count). The molecule has 0 atom stereocenters. The van der Waals surface area contributed by atoms with Crippen molar-refractivity contribution in [2.75, 3.05) is 45.2 Å². The van der Waals surface area contributed by atoms with Gasteiger partial charge in [-0.3, -0.25) is 4.79 Å². The molecule has 0 saturated carbocycles. The first-order chi connectivity index (χ1) is 10.6. The van der Waals surface area contributed by atoms with E-state index in [2.05, 4.69) is 10.2 Å². The Kier molecular flexibility index (Phi) is 6.21. The van der Waals surface area contributed by atoms with Crippen molar-refractivity contribution in [2.24, 2.45) is 0 Å². The van der Waals surface area contributed by atoms with Gasteiger partial charge in [0.25, 0.3) is 5.91 Å². The van der Waals surface area contributed by atoms with Crippen molar-refractivity contribution in [2.45, 2.75) is 25.4 Å². The van der Waals surface area contributed by atoms with E-state index >= 15 is 0 Å². The van der Waals surface area contributed by atoms with Crippen molar-refractivity contribution in [3.05, 3.63) is 29.8 Å². The summed E-state index contributed by atoms with van der Waals surface area (Å²) in [5.74, 6) is -0.0160. The third-order valence-corrected chi connectivity index (χ3v) is 4.12. The lowest BCUT2D eigenvalue weighted by atomic mass is 10.1. The second kappa shape index (κ2) is 8.15. The molecule has 0 radical (unpaired) electrons. The van der Waals surface area contributed by atoms with E-state index in [0.717, 1.165) is 44.6 Å². The second-order valence-electron chi connectivity index (χ2n) is 6.13. The van der Waals surface area contributed by atoms with E-state index in [1.54, 1.807) is 0 Å². The van der Waals surface area contributed by atoms with Crippen LogP contribution in [0, 0.1) is 0 Å². The number of aliphatic hydroxyl groups is 1. The molecule has 1 saturated heterocycles. The van der Waals surface area contributed by atoms with E-state index in [-0.39, 0.29) is 12.0 Å². The van der Waals surface area contributed by atoms with Gasteiger partial charge in [-0.2, -0.15) is 0 Å². The van der Waals surface area contributed by atoms with Crippen LogP contribution in [0.4, 0.5) is 5.69 Å². The molecule has 5 nitrogen and oxygen atoms in total. The highest BCUT2D eigenvalue weighted by molar-refractivity contribution is 5.95. The molecule has 1 aromatic rings. The van der Waals surface area contributed by atoms with Crippen molar-refractivity contribution < 1.29 is 9.90 Å². The summed E-state index contributed by atoms with van der Waals surface area (Å²) >= 11 is 0. The number of rotatable bonds is 6. The van der Waals surface area contributed by atoms with Gasteiger partial charge >= 0.3 is 0 Å². The van der Waals surface area contributed by atoms with Gasteiger partial charge in [0.1, 0.15) is 0 Å².